The van der Waals surface area contributed by atoms with E-state index in [1.54, 1.807) is 29.2 Å². The average Bonchev–Trinajstić information content (AvgIpc) is 2.82. The van der Waals surface area contributed by atoms with E-state index in [4.69, 9.17) is 0 Å². The highest BCUT2D eigenvalue weighted by Gasteiger charge is 2.30. The first-order valence-corrected chi connectivity index (χ1v) is 13.0. The van der Waals surface area contributed by atoms with Crippen LogP contribution in [0.15, 0.2) is 71.6 Å². The second kappa shape index (κ2) is 9.35. The molecule has 0 aromatic heterocycles. The highest BCUT2D eigenvalue weighted by molar-refractivity contribution is 7.90. The van der Waals surface area contributed by atoms with Gasteiger partial charge in [0.1, 0.15) is 0 Å². The van der Waals surface area contributed by atoms with Gasteiger partial charge in [-0.2, -0.15) is 0 Å². The first kappa shape index (κ1) is 23.0. The van der Waals surface area contributed by atoms with Crippen molar-refractivity contribution in [3.8, 4) is 0 Å². The van der Waals surface area contributed by atoms with Crippen molar-refractivity contribution in [2.75, 3.05) is 19.3 Å². The Kier molecular flexibility index (Phi) is 6.51. The minimum atomic E-state index is -3.26. The van der Waals surface area contributed by atoms with Crippen LogP contribution in [0.3, 0.4) is 0 Å². The number of nitrogens with zero attached hydrogens (tertiary/aromatic N) is 1. The van der Waals surface area contributed by atoms with Crippen LogP contribution in [-0.4, -0.2) is 44.5 Å². The summed E-state index contributed by atoms with van der Waals surface area (Å²) in [5.41, 5.74) is 1.49. The normalized spacial score (nSPS) is 17.5. The number of sulfone groups is 1. The third-order valence-corrected chi connectivity index (χ3v) is 7.39. The maximum absolute atomic E-state index is 13.3. The summed E-state index contributed by atoms with van der Waals surface area (Å²) in [6.45, 7) is 2.89. The van der Waals surface area contributed by atoms with Crippen LogP contribution >= 0.6 is 0 Å². The van der Waals surface area contributed by atoms with Gasteiger partial charge in [-0.15, -0.1) is 0 Å². The molecule has 7 heteroatoms. The van der Waals surface area contributed by atoms with E-state index in [0.29, 0.717) is 18.7 Å². The summed E-state index contributed by atoms with van der Waals surface area (Å²) in [6.07, 6.45) is 2.67. The zero-order valence-electron chi connectivity index (χ0n) is 18.8. The lowest BCUT2D eigenvalue weighted by atomic mass is 9.95. The Labute approximate surface area is 194 Å². The molecule has 33 heavy (non-hydrogen) atoms. The number of likely N-dealkylation sites (tertiary alicyclic amines) is 1. The SMILES string of the molecule is CC(NC(=O)C1CCCN(C(=O)c2cccc3ccccc23)C1)c1ccc(S(C)(=O)=O)cc1. The van der Waals surface area contributed by atoms with Crippen molar-refractivity contribution in [3.63, 3.8) is 0 Å². The number of piperidine rings is 1. The van der Waals surface area contributed by atoms with Crippen LogP contribution in [0.5, 0.6) is 0 Å². The maximum Gasteiger partial charge on any atom is 0.254 e. The smallest absolute Gasteiger partial charge is 0.254 e. The third-order valence-electron chi connectivity index (χ3n) is 6.27. The number of hydrogen-bond acceptors (Lipinski definition) is 4. The average molecular weight is 465 g/mol. The van der Waals surface area contributed by atoms with Gasteiger partial charge in [-0.05, 0) is 54.3 Å². The van der Waals surface area contributed by atoms with Crippen molar-refractivity contribution in [3.05, 3.63) is 77.9 Å². The van der Waals surface area contributed by atoms with E-state index in [1.165, 1.54) is 6.26 Å². The van der Waals surface area contributed by atoms with Crippen LogP contribution in [0, 0.1) is 5.92 Å². The predicted octanol–water partition coefficient (Wildman–Crippen LogP) is 3.97. The van der Waals surface area contributed by atoms with Crippen LogP contribution in [0.2, 0.25) is 0 Å². The van der Waals surface area contributed by atoms with Crippen molar-refractivity contribution in [1.29, 1.82) is 0 Å². The summed E-state index contributed by atoms with van der Waals surface area (Å²) in [7, 11) is -3.26. The number of amides is 2. The van der Waals surface area contributed by atoms with Crippen LogP contribution in [-0.2, 0) is 14.6 Å². The molecule has 0 bridgehead atoms. The molecule has 172 valence electrons. The van der Waals surface area contributed by atoms with Gasteiger partial charge in [0.2, 0.25) is 5.91 Å². The van der Waals surface area contributed by atoms with Crippen molar-refractivity contribution < 1.29 is 18.0 Å². The van der Waals surface area contributed by atoms with Crippen LogP contribution < -0.4 is 5.32 Å². The Morgan fingerprint density at radius 2 is 1.70 bits per heavy atom. The number of hydrogen-bond donors (Lipinski definition) is 1. The maximum atomic E-state index is 13.3. The lowest BCUT2D eigenvalue weighted by molar-refractivity contribution is -0.127. The third kappa shape index (κ3) is 5.09. The molecule has 0 aliphatic carbocycles. The summed E-state index contributed by atoms with van der Waals surface area (Å²) in [5, 5.41) is 4.96. The minimum absolute atomic E-state index is 0.0475. The van der Waals surface area contributed by atoms with Crippen LogP contribution in [0.1, 0.15) is 41.7 Å². The molecule has 0 spiro atoms. The van der Waals surface area contributed by atoms with Gasteiger partial charge in [-0.3, -0.25) is 9.59 Å². The van der Waals surface area contributed by atoms with Crippen molar-refractivity contribution in [2.45, 2.75) is 30.7 Å². The first-order valence-electron chi connectivity index (χ1n) is 11.1. The fraction of sp³-hybridized carbons (Fsp3) is 0.308. The molecule has 3 aromatic rings. The van der Waals surface area contributed by atoms with E-state index in [9.17, 15) is 18.0 Å². The first-order chi connectivity index (χ1) is 15.7. The lowest BCUT2D eigenvalue weighted by Crippen LogP contribution is -2.45. The number of nitrogens with one attached hydrogen (secondary N) is 1. The predicted molar refractivity (Wildman–Crippen MR) is 129 cm³/mol. The molecule has 1 aliphatic heterocycles. The van der Waals surface area contributed by atoms with Gasteiger partial charge in [0.25, 0.3) is 5.91 Å². The number of carbonyl (C=O) groups excluding carboxylic acids is 2. The molecule has 2 amide bonds. The van der Waals surface area contributed by atoms with E-state index < -0.39 is 9.84 Å². The van der Waals surface area contributed by atoms with Gasteiger partial charge in [-0.1, -0.05) is 48.5 Å². The molecular formula is C26H28N2O4S. The van der Waals surface area contributed by atoms with E-state index in [1.807, 2.05) is 49.4 Å². The summed E-state index contributed by atoms with van der Waals surface area (Å²) in [4.78, 5) is 28.3. The van der Waals surface area contributed by atoms with Gasteiger partial charge in [0.05, 0.1) is 16.9 Å². The molecule has 1 heterocycles. The zero-order chi connectivity index (χ0) is 23.6. The van der Waals surface area contributed by atoms with E-state index >= 15 is 0 Å². The number of fused-ring (bicyclic) bond motifs is 1. The molecule has 3 aromatic carbocycles. The Bertz CT molecular complexity index is 1280. The quantitative estimate of drug-likeness (QED) is 0.619. The second-order valence-corrected chi connectivity index (χ2v) is 10.7. The number of rotatable bonds is 5. The molecule has 0 radical (unpaired) electrons. The summed E-state index contributed by atoms with van der Waals surface area (Å²) < 4.78 is 23.3. The summed E-state index contributed by atoms with van der Waals surface area (Å²) in [6, 6.07) is 19.8. The highest BCUT2D eigenvalue weighted by atomic mass is 32.2. The molecule has 1 aliphatic rings. The van der Waals surface area contributed by atoms with Crippen LogP contribution in [0.4, 0.5) is 0 Å². The molecule has 1 N–H and O–H groups in total. The standard InChI is InChI=1S/C26H28N2O4S/c1-18(19-12-14-22(15-13-19)33(2,31)32)27-25(29)21-9-6-16-28(17-21)26(30)24-11-5-8-20-7-3-4-10-23(20)24/h3-5,7-8,10-15,18,21H,6,9,16-17H2,1-2H3,(H,27,29). The Morgan fingerprint density at radius 3 is 2.42 bits per heavy atom. The van der Waals surface area contributed by atoms with Gasteiger partial charge >= 0.3 is 0 Å². The van der Waals surface area contributed by atoms with Crippen molar-refractivity contribution >= 4 is 32.4 Å². The second-order valence-electron chi connectivity index (χ2n) is 8.69. The Hall–Kier alpha value is -3.19. The topological polar surface area (TPSA) is 83.6 Å². The highest BCUT2D eigenvalue weighted by Crippen LogP contribution is 2.24. The number of carbonyl (C=O) groups is 2. The monoisotopic (exact) mass is 464 g/mol. The van der Waals surface area contributed by atoms with Gasteiger partial charge in [0, 0.05) is 24.9 Å². The molecule has 4 rings (SSSR count). The van der Waals surface area contributed by atoms with E-state index in [2.05, 4.69) is 5.32 Å². The van der Waals surface area contributed by atoms with Crippen molar-refractivity contribution in [2.24, 2.45) is 5.92 Å². The molecule has 2 atom stereocenters. The molecule has 0 saturated carbocycles. The molecule has 2 unspecified atom stereocenters. The summed E-state index contributed by atoms with van der Waals surface area (Å²) in [5.74, 6) is -0.422. The van der Waals surface area contributed by atoms with Crippen LogP contribution in [0.25, 0.3) is 10.8 Å². The fourth-order valence-corrected chi connectivity index (χ4v) is 5.01. The largest absolute Gasteiger partial charge is 0.349 e. The Balaban J connectivity index is 1.43. The minimum Gasteiger partial charge on any atom is -0.349 e. The molecule has 1 saturated heterocycles. The van der Waals surface area contributed by atoms with Gasteiger partial charge in [0.15, 0.2) is 9.84 Å². The molecular weight excluding hydrogens is 436 g/mol. The molecule has 6 nitrogen and oxygen atoms in total. The van der Waals surface area contributed by atoms with Crippen molar-refractivity contribution in [1.82, 2.24) is 10.2 Å². The Morgan fingerprint density at radius 1 is 1.00 bits per heavy atom. The fourth-order valence-electron chi connectivity index (χ4n) is 4.38. The van der Waals surface area contributed by atoms with E-state index in [-0.39, 0.29) is 28.7 Å². The number of benzene rings is 3. The van der Waals surface area contributed by atoms with Gasteiger partial charge < -0.3 is 10.2 Å². The lowest BCUT2D eigenvalue weighted by Gasteiger charge is -2.33. The molecule has 1 fully saturated rings. The van der Waals surface area contributed by atoms with E-state index in [0.717, 1.165) is 29.2 Å². The summed E-state index contributed by atoms with van der Waals surface area (Å²) >= 11 is 0. The van der Waals surface area contributed by atoms with Gasteiger partial charge in [-0.25, -0.2) is 8.42 Å². The zero-order valence-corrected chi connectivity index (χ0v) is 19.6.